The molecular formula is C18H21ClN2OS. The summed E-state index contributed by atoms with van der Waals surface area (Å²) in [5.41, 5.74) is 2.35. The summed E-state index contributed by atoms with van der Waals surface area (Å²) in [4.78, 5) is 4.52. The van der Waals surface area contributed by atoms with Crippen LogP contribution in [0.15, 0.2) is 30.5 Å². The van der Waals surface area contributed by atoms with E-state index in [1.54, 1.807) is 0 Å². The van der Waals surface area contributed by atoms with E-state index in [4.69, 9.17) is 16.3 Å². The van der Waals surface area contributed by atoms with E-state index in [1.807, 2.05) is 36.2 Å². The number of nitrogens with one attached hydrogen (secondary N) is 1. The van der Waals surface area contributed by atoms with Gasteiger partial charge in [0.05, 0.1) is 11.1 Å². The molecule has 2 unspecified atom stereocenters. The smallest absolute Gasteiger partial charge is 0.0795 e. The molecule has 2 atom stereocenters. The molecule has 3 heterocycles. The summed E-state index contributed by atoms with van der Waals surface area (Å²) in [5.74, 6) is 2.38. The zero-order valence-corrected chi connectivity index (χ0v) is 14.6. The van der Waals surface area contributed by atoms with Crippen molar-refractivity contribution in [3.63, 3.8) is 0 Å². The predicted octanol–water partition coefficient (Wildman–Crippen LogP) is 4.03. The average molecular weight is 349 g/mol. The molecule has 0 bridgehead atoms. The number of hydrogen-bond donors (Lipinski definition) is 1. The number of halogens is 1. The van der Waals surface area contributed by atoms with Crippen LogP contribution in [0.2, 0.25) is 5.02 Å². The Bertz CT molecular complexity index is 702. The van der Waals surface area contributed by atoms with E-state index in [0.717, 1.165) is 47.7 Å². The standard InChI is InChI=1S/C18H21ClN2OS/c19-16-4-3-13(17-15(16)2-1-7-20-17)11-21-14-5-8-22-18(10-14)6-9-23-12-18/h1-4,7,14,21H,5-6,8-12H2. The van der Waals surface area contributed by atoms with Crippen LogP contribution in [0.5, 0.6) is 0 Å². The molecule has 0 radical (unpaired) electrons. The molecule has 1 N–H and O–H groups in total. The first-order chi connectivity index (χ1) is 11.3. The van der Waals surface area contributed by atoms with Crippen molar-refractivity contribution in [2.45, 2.75) is 37.5 Å². The molecule has 0 aliphatic carbocycles. The van der Waals surface area contributed by atoms with Gasteiger partial charge in [0, 0.05) is 41.6 Å². The maximum atomic E-state index is 6.28. The Kier molecular flexibility index (Phi) is 4.50. The van der Waals surface area contributed by atoms with Gasteiger partial charge in [0.15, 0.2) is 0 Å². The van der Waals surface area contributed by atoms with Gasteiger partial charge in [0.1, 0.15) is 0 Å². The summed E-state index contributed by atoms with van der Waals surface area (Å²) < 4.78 is 6.10. The van der Waals surface area contributed by atoms with Gasteiger partial charge in [-0.2, -0.15) is 11.8 Å². The second kappa shape index (κ2) is 6.60. The quantitative estimate of drug-likeness (QED) is 0.908. The maximum Gasteiger partial charge on any atom is 0.0795 e. The monoisotopic (exact) mass is 348 g/mol. The van der Waals surface area contributed by atoms with Gasteiger partial charge in [-0.15, -0.1) is 0 Å². The highest BCUT2D eigenvalue weighted by Crippen LogP contribution is 2.38. The van der Waals surface area contributed by atoms with Gasteiger partial charge in [-0.05, 0) is 48.8 Å². The SMILES string of the molecule is Clc1ccc(CNC2CCOC3(CCSC3)C2)c2ncccc12. The molecule has 2 aliphatic rings. The predicted molar refractivity (Wildman–Crippen MR) is 97.2 cm³/mol. The summed E-state index contributed by atoms with van der Waals surface area (Å²) in [5, 5.41) is 5.53. The summed E-state index contributed by atoms with van der Waals surface area (Å²) in [6.07, 6.45) is 5.24. The molecule has 2 aromatic rings. The van der Waals surface area contributed by atoms with Crippen LogP contribution in [0, 0.1) is 0 Å². The second-order valence-corrected chi connectivity index (χ2v) is 8.02. The van der Waals surface area contributed by atoms with E-state index in [-0.39, 0.29) is 5.60 Å². The largest absolute Gasteiger partial charge is 0.374 e. The van der Waals surface area contributed by atoms with Crippen molar-refractivity contribution in [3.8, 4) is 0 Å². The first kappa shape index (κ1) is 15.7. The summed E-state index contributed by atoms with van der Waals surface area (Å²) in [7, 11) is 0. The van der Waals surface area contributed by atoms with Crippen molar-refractivity contribution in [3.05, 3.63) is 41.0 Å². The molecule has 0 saturated carbocycles. The van der Waals surface area contributed by atoms with Gasteiger partial charge in [0.2, 0.25) is 0 Å². The van der Waals surface area contributed by atoms with E-state index in [2.05, 4.69) is 16.4 Å². The van der Waals surface area contributed by atoms with E-state index in [9.17, 15) is 0 Å². The minimum absolute atomic E-state index is 0.126. The van der Waals surface area contributed by atoms with Crippen molar-refractivity contribution >= 4 is 34.3 Å². The number of hydrogen-bond acceptors (Lipinski definition) is 4. The summed E-state index contributed by atoms with van der Waals surface area (Å²) >= 11 is 8.30. The number of ether oxygens (including phenoxy) is 1. The van der Waals surface area contributed by atoms with Crippen LogP contribution >= 0.6 is 23.4 Å². The molecule has 1 spiro atoms. The Morgan fingerprint density at radius 2 is 2.35 bits per heavy atom. The van der Waals surface area contributed by atoms with Crippen molar-refractivity contribution in [1.29, 1.82) is 0 Å². The van der Waals surface area contributed by atoms with Gasteiger partial charge in [-0.1, -0.05) is 17.7 Å². The lowest BCUT2D eigenvalue weighted by Gasteiger charge is -2.38. The van der Waals surface area contributed by atoms with Gasteiger partial charge < -0.3 is 10.1 Å². The van der Waals surface area contributed by atoms with Crippen LogP contribution in [0.1, 0.15) is 24.8 Å². The van der Waals surface area contributed by atoms with Crippen LogP contribution in [0.3, 0.4) is 0 Å². The lowest BCUT2D eigenvalue weighted by atomic mass is 9.90. The Morgan fingerprint density at radius 3 is 3.22 bits per heavy atom. The summed E-state index contributed by atoms with van der Waals surface area (Å²) in [6.45, 7) is 1.70. The second-order valence-electron chi connectivity index (χ2n) is 6.51. The average Bonchev–Trinajstić information content (AvgIpc) is 3.02. The van der Waals surface area contributed by atoms with Crippen molar-refractivity contribution in [2.24, 2.45) is 0 Å². The molecule has 1 aromatic carbocycles. The van der Waals surface area contributed by atoms with Crippen LogP contribution < -0.4 is 5.32 Å². The van der Waals surface area contributed by atoms with Crippen LogP contribution in [0.4, 0.5) is 0 Å². The zero-order chi connectivity index (χ0) is 15.7. The molecule has 122 valence electrons. The van der Waals surface area contributed by atoms with E-state index < -0.39 is 0 Å². The Labute approximate surface area is 146 Å². The highest BCUT2D eigenvalue weighted by Gasteiger charge is 2.40. The van der Waals surface area contributed by atoms with Gasteiger partial charge >= 0.3 is 0 Å². The highest BCUT2D eigenvalue weighted by atomic mass is 35.5. The van der Waals surface area contributed by atoms with Gasteiger partial charge in [-0.3, -0.25) is 4.98 Å². The fraction of sp³-hybridized carbons (Fsp3) is 0.500. The number of benzene rings is 1. The normalized spacial score (nSPS) is 27.8. The van der Waals surface area contributed by atoms with Gasteiger partial charge in [0.25, 0.3) is 0 Å². The molecule has 5 heteroatoms. The fourth-order valence-electron chi connectivity index (χ4n) is 3.66. The number of aromatic nitrogens is 1. The molecule has 0 amide bonds. The minimum atomic E-state index is 0.126. The fourth-order valence-corrected chi connectivity index (χ4v) is 5.25. The van der Waals surface area contributed by atoms with E-state index >= 15 is 0 Å². The third kappa shape index (κ3) is 3.22. The van der Waals surface area contributed by atoms with E-state index in [0.29, 0.717) is 6.04 Å². The number of rotatable bonds is 3. The Hall–Kier alpha value is -0.810. The number of pyridine rings is 1. The number of thioether (sulfide) groups is 1. The van der Waals surface area contributed by atoms with Crippen LogP contribution in [0.25, 0.3) is 10.9 Å². The third-order valence-corrected chi connectivity index (χ3v) is 6.49. The number of fused-ring (bicyclic) bond motifs is 1. The molecule has 2 fully saturated rings. The topological polar surface area (TPSA) is 34.1 Å². The molecule has 23 heavy (non-hydrogen) atoms. The first-order valence-electron chi connectivity index (χ1n) is 8.23. The zero-order valence-electron chi connectivity index (χ0n) is 13.1. The molecule has 2 saturated heterocycles. The molecule has 4 rings (SSSR count). The van der Waals surface area contributed by atoms with Gasteiger partial charge in [-0.25, -0.2) is 0 Å². The van der Waals surface area contributed by atoms with Crippen LogP contribution in [-0.4, -0.2) is 34.7 Å². The molecule has 1 aromatic heterocycles. The Balaban J connectivity index is 1.48. The Morgan fingerprint density at radius 1 is 1.39 bits per heavy atom. The van der Waals surface area contributed by atoms with Crippen molar-refractivity contribution in [1.82, 2.24) is 10.3 Å². The first-order valence-corrected chi connectivity index (χ1v) is 9.76. The molecule has 2 aliphatic heterocycles. The minimum Gasteiger partial charge on any atom is -0.374 e. The number of nitrogens with zero attached hydrogens (tertiary/aromatic N) is 1. The lowest BCUT2D eigenvalue weighted by Crippen LogP contribution is -2.47. The third-order valence-electron chi connectivity index (χ3n) is 4.94. The lowest BCUT2D eigenvalue weighted by molar-refractivity contribution is -0.0702. The summed E-state index contributed by atoms with van der Waals surface area (Å²) in [6, 6.07) is 8.56. The van der Waals surface area contributed by atoms with Crippen molar-refractivity contribution < 1.29 is 4.74 Å². The molecular weight excluding hydrogens is 328 g/mol. The van der Waals surface area contributed by atoms with Crippen molar-refractivity contribution in [2.75, 3.05) is 18.1 Å². The maximum absolute atomic E-state index is 6.28. The van der Waals surface area contributed by atoms with E-state index in [1.165, 1.54) is 17.7 Å². The molecule has 3 nitrogen and oxygen atoms in total. The van der Waals surface area contributed by atoms with Crippen LogP contribution in [-0.2, 0) is 11.3 Å². The highest BCUT2D eigenvalue weighted by molar-refractivity contribution is 7.99.